The minimum atomic E-state index is 0.484. The number of ether oxygens (including phenoxy) is 1. The molecule has 0 atom stereocenters. The highest BCUT2D eigenvalue weighted by Crippen LogP contribution is 2.29. The van der Waals surface area contributed by atoms with E-state index in [4.69, 9.17) is 9.15 Å². The smallest absolute Gasteiger partial charge is 0.240 e. The van der Waals surface area contributed by atoms with Crippen molar-refractivity contribution in [2.45, 2.75) is 13.8 Å². The number of rotatable bonds is 2. The maximum Gasteiger partial charge on any atom is 0.240 e. The van der Waals surface area contributed by atoms with Crippen molar-refractivity contribution in [1.82, 2.24) is 9.97 Å². The Morgan fingerprint density at radius 1 is 1.27 bits per heavy atom. The summed E-state index contributed by atoms with van der Waals surface area (Å²) < 4.78 is 10.5. The van der Waals surface area contributed by atoms with Crippen LogP contribution in [0.3, 0.4) is 0 Å². The molecular formula is C11H11N2O2. The van der Waals surface area contributed by atoms with E-state index in [1.54, 1.807) is 19.5 Å². The summed E-state index contributed by atoms with van der Waals surface area (Å²) in [4.78, 5) is 8.29. The average Bonchev–Trinajstić information content (AvgIpc) is 2.57. The van der Waals surface area contributed by atoms with Gasteiger partial charge in [-0.3, -0.25) is 0 Å². The topological polar surface area (TPSA) is 48.2 Å². The Bertz CT molecular complexity index is 477. The van der Waals surface area contributed by atoms with Crippen LogP contribution in [0, 0.1) is 19.9 Å². The van der Waals surface area contributed by atoms with E-state index >= 15 is 0 Å². The molecule has 77 valence electrons. The summed E-state index contributed by atoms with van der Waals surface area (Å²) in [5, 5.41) is 0. The first-order valence-electron chi connectivity index (χ1n) is 4.57. The van der Waals surface area contributed by atoms with Crippen LogP contribution in [0.25, 0.3) is 11.3 Å². The number of furan rings is 1. The molecule has 0 spiro atoms. The summed E-state index contributed by atoms with van der Waals surface area (Å²) in [6.07, 6.45) is 3.21. The molecule has 0 aliphatic rings. The molecule has 15 heavy (non-hydrogen) atoms. The molecule has 4 heteroatoms. The van der Waals surface area contributed by atoms with E-state index in [2.05, 4.69) is 16.0 Å². The number of aromatic nitrogens is 2. The molecule has 2 aromatic heterocycles. The molecule has 0 aliphatic heterocycles. The SMILES string of the molecule is COc1nccnc1-c1[c]c(C)oc1C. The number of nitrogens with zero attached hydrogens (tertiary/aromatic N) is 2. The number of methoxy groups -OCH3 is 1. The van der Waals surface area contributed by atoms with Crippen LogP contribution in [0.15, 0.2) is 16.8 Å². The molecule has 0 amide bonds. The van der Waals surface area contributed by atoms with Crippen molar-refractivity contribution in [2.75, 3.05) is 7.11 Å². The molecule has 0 N–H and O–H groups in total. The van der Waals surface area contributed by atoms with Gasteiger partial charge in [-0.2, -0.15) is 0 Å². The lowest BCUT2D eigenvalue weighted by molar-refractivity contribution is 0.397. The van der Waals surface area contributed by atoms with Crippen LogP contribution in [0.2, 0.25) is 0 Å². The second-order valence-electron chi connectivity index (χ2n) is 3.13. The summed E-state index contributed by atoms with van der Waals surface area (Å²) in [5.41, 5.74) is 1.46. The van der Waals surface area contributed by atoms with Gasteiger partial charge < -0.3 is 9.15 Å². The number of aryl methyl sites for hydroxylation is 2. The van der Waals surface area contributed by atoms with Crippen molar-refractivity contribution < 1.29 is 9.15 Å². The van der Waals surface area contributed by atoms with Gasteiger partial charge in [0, 0.05) is 18.5 Å². The molecule has 0 aliphatic carbocycles. The molecule has 0 fully saturated rings. The fourth-order valence-corrected chi connectivity index (χ4v) is 1.44. The van der Waals surface area contributed by atoms with Crippen molar-refractivity contribution in [2.24, 2.45) is 0 Å². The third-order valence-corrected chi connectivity index (χ3v) is 2.05. The molecule has 0 bridgehead atoms. The Morgan fingerprint density at radius 2 is 2.00 bits per heavy atom. The van der Waals surface area contributed by atoms with Gasteiger partial charge in [-0.25, -0.2) is 9.97 Å². The van der Waals surface area contributed by atoms with Crippen molar-refractivity contribution in [3.05, 3.63) is 30.0 Å². The van der Waals surface area contributed by atoms with Crippen LogP contribution in [0.1, 0.15) is 11.5 Å². The zero-order chi connectivity index (χ0) is 10.8. The van der Waals surface area contributed by atoms with E-state index in [1.807, 2.05) is 13.8 Å². The number of hydrogen-bond acceptors (Lipinski definition) is 4. The molecule has 0 saturated heterocycles. The van der Waals surface area contributed by atoms with E-state index < -0.39 is 0 Å². The lowest BCUT2D eigenvalue weighted by Gasteiger charge is -2.03. The standard InChI is InChI=1S/C11H11N2O2/c1-7-6-9(8(2)15-7)10-11(14-3)13-5-4-12-10/h4-5H,1-3H3. The summed E-state index contributed by atoms with van der Waals surface area (Å²) >= 11 is 0. The van der Waals surface area contributed by atoms with E-state index in [0.717, 1.165) is 17.1 Å². The Morgan fingerprint density at radius 3 is 2.60 bits per heavy atom. The zero-order valence-corrected chi connectivity index (χ0v) is 8.87. The maximum absolute atomic E-state index is 5.39. The molecule has 2 heterocycles. The van der Waals surface area contributed by atoms with Crippen LogP contribution in [0.4, 0.5) is 0 Å². The Labute approximate surface area is 87.9 Å². The van der Waals surface area contributed by atoms with Gasteiger partial charge in [0.05, 0.1) is 12.7 Å². The molecular weight excluding hydrogens is 192 g/mol. The van der Waals surface area contributed by atoms with Crippen molar-refractivity contribution in [1.29, 1.82) is 0 Å². The van der Waals surface area contributed by atoms with Gasteiger partial charge in [0.15, 0.2) is 0 Å². The van der Waals surface area contributed by atoms with Gasteiger partial charge in [-0.1, -0.05) is 0 Å². The second-order valence-corrected chi connectivity index (χ2v) is 3.13. The highest BCUT2D eigenvalue weighted by Gasteiger charge is 2.14. The highest BCUT2D eigenvalue weighted by molar-refractivity contribution is 5.65. The average molecular weight is 203 g/mol. The Balaban J connectivity index is 2.58. The first-order chi connectivity index (χ1) is 7.22. The summed E-state index contributed by atoms with van der Waals surface area (Å²) in [6, 6.07) is 3.09. The van der Waals surface area contributed by atoms with Gasteiger partial charge in [-0.05, 0) is 13.8 Å². The predicted molar refractivity (Wildman–Crippen MR) is 54.6 cm³/mol. The first-order valence-corrected chi connectivity index (χ1v) is 4.57. The van der Waals surface area contributed by atoms with E-state index in [-0.39, 0.29) is 0 Å². The quantitative estimate of drug-likeness (QED) is 0.750. The second kappa shape index (κ2) is 3.73. The summed E-state index contributed by atoms with van der Waals surface area (Å²) in [5.74, 6) is 1.99. The van der Waals surface area contributed by atoms with E-state index in [9.17, 15) is 0 Å². The third-order valence-electron chi connectivity index (χ3n) is 2.05. The predicted octanol–water partition coefficient (Wildman–Crippen LogP) is 2.16. The largest absolute Gasteiger partial charge is 0.479 e. The lowest BCUT2D eigenvalue weighted by Crippen LogP contribution is -1.93. The van der Waals surface area contributed by atoms with E-state index in [1.165, 1.54) is 0 Å². The fraction of sp³-hybridized carbons (Fsp3) is 0.273. The molecule has 0 aromatic carbocycles. The van der Waals surface area contributed by atoms with Crippen LogP contribution in [0.5, 0.6) is 5.88 Å². The van der Waals surface area contributed by atoms with Gasteiger partial charge in [0.2, 0.25) is 5.88 Å². The van der Waals surface area contributed by atoms with Gasteiger partial charge in [-0.15, -0.1) is 0 Å². The molecule has 2 rings (SSSR count). The van der Waals surface area contributed by atoms with Crippen LogP contribution in [-0.4, -0.2) is 17.1 Å². The normalized spacial score (nSPS) is 10.3. The van der Waals surface area contributed by atoms with Gasteiger partial charge >= 0.3 is 0 Å². The minimum absolute atomic E-state index is 0.484. The summed E-state index contributed by atoms with van der Waals surface area (Å²) in [6.45, 7) is 3.71. The van der Waals surface area contributed by atoms with Crippen molar-refractivity contribution in [3.63, 3.8) is 0 Å². The number of hydrogen-bond donors (Lipinski definition) is 0. The maximum atomic E-state index is 5.39. The zero-order valence-electron chi connectivity index (χ0n) is 8.87. The fourth-order valence-electron chi connectivity index (χ4n) is 1.44. The molecule has 0 saturated carbocycles. The monoisotopic (exact) mass is 203 g/mol. The first kappa shape index (κ1) is 9.71. The van der Waals surface area contributed by atoms with Crippen molar-refractivity contribution >= 4 is 0 Å². The molecule has 0 unspecified atom stereocenters. The highest BCUT2D eigenvalue weighted by atomic mass is 16.5. The van der Waals surface area contributed by atoms with Gasteiger partial charge in [0.1, 0.15) is 17.2 Å². The molecule has 4 nitrogen and oxygen atoms in total. The van der Waals surface area contributed by atoms with Crippen molar-refractivity contribution in [3.8, 4) is 17.1 Å². The van der Waals surface area contributed by atoms with Crippen LogP contribution in [-0.2, 0) is 0 Å². The van der Waals surface area contributed by atoms with Crippen LogP contribution >= 0.6 is 0 Å². The Hall–Kier alpha value is -1.84. The van der Waals surface area contributed by atoms with E-state index in [0.29, 0.717) is 11.6 Å². The third kappa shape index (κ3) is 1.70. The summed E-state index contributed by atoms with van der Waals surface area (Å²) in [7, 11) is 1.57. The van der Waals surface area contributed by atoms with Crippen LogP contribution < -0.4 is 4.74 Å². The molecule has 1 radical (unpaired) electrons. The minimum Gasteiger partial charge on any atom is -0.479 e. The Kier molecular flexibility index (Phi) is 2.41. The van der Waals surface area contributed by atoms with Gasteiger partial charge in [0.25, 0.3) is 0 Å². The molecule has 2 aromatic rings. The lowest BCUT2D eigenvalue weighted by atomic mass is 10.2.